The molecule has 2 N–H and O–H groups in total. The van der Waals surface area contributed by atoms with E-state index in [2.05, 4.69) is 5.32 Å². The number of phenolic OH excluding ortho intramolecular Hbond substituents is 1. The lowest BCUT2D eigenvalue weighted by Crippen LogP contribution is -2.36. The van der Waals surface area contributed by atoms with E-state index in [9.17, 15) is 14.7 Å². The molecule has 0 aromatic heterocycles. The summed E-state index contributed by atoms with van der Waals surface area (Å²) in [6.07, 6.45) is 8.97. The molecule has 1 aromatic carbocycles. The lowest BCUT2D eigenvalue weighted by atomic mass is 9.58. The molecule has 3 rings (SSSR count). The minimum Gasteiger partial charge on any atom is -0.508 e. The van der Waals surface area contributed by atoms with Crippen LogP contribution in [0.15, 0.2) is 18.2 Å². The maximum absolute atomic E-state index is 12.2. The summed E-state index contributed by atoms with van der Waals surface area (Å²) in [6, 6.07) is 4.80. The first kappa shape index (κ1) is 16.0. The van der Waals surface area contributed by atoms with Gasteiger partial charge in [0.2, 0.25) is 5.78 Å². The maximum Gasteiger partial charge on any atom is 0.291 e. The summed E-state index contributed by atoms with van der Waals surface area (Å²) in [5.41, 5.74) is 1.72. The molecule has 0 bridgehead atoms. The van der Waals surface area contributed by atoms with E-state index < -0.39 is 5.91 Å². The average Bonchev–Trinajstić information content (AvgIpc) is 2.49. The van der Waals surface area contributed by atoms with E-state index in [0.29, 0.717) is 29.0 Å². The van der Waals surface area contributed by atoms with Gasteiger partial charge in [0.05, 0.1) is 0 Å². The van der Waals surface area contributed by atoms with Crippen molar-refractivity contribution in [2.45, 2.75) is 58.3 Å². The second-order valence-corrected chi connectivity index (χ2v) is 7.40. The van der Waals surface area contributed by atoms with Crippen molar-refractivity contribution in [3.8, 4) is 5.75 Å². The monoisotopic (exact) mass is 315 g/mol. The van der Waals surface area contributed by atoms with Crippen LogP contribution in [0.2, 0.25) is 0 Å². The smallest absolute Gasteiger partial charge is 0.291 e. The highest BCUT2D eigenvalue weighted by atomic mass is 16.3. The number of rotatable bonds is 4. The molecule has 23 heavy (non-hydrogen) atoms. The van der Waals surface area contributed by atoms with Crippen molar-refractivity contribution >= 4 is 17.4 Å². The van der Waals surface area contributed by atoms with E-state index in [1.807, 2.05) is 0 Å². The van der Waals surface area contributed by atoms with Gasteiger partial charge in [0.25, 0.3) is 5.91 Å². The Balaban J connectivity index is 1.55. The molecule has 1 atom stereocenters. The molecule has 0 radical (unpaired) electrons. The fourth-order valence-corrected chi connectivity index (χ4v) is 4.18. The third-order valence-corrected chi connectivity index (χ3v) is 5.64. The summed E-state index contributed by atoms with van der Waals surface area (Å²) in [7, 11) is 0. The van der Waals surface area contributed by atoms with Crippen LogP contribution in [0.4, 0.5) is 5.69 Å². The van der Waals surface area contributed by atoms with Gasteiger partial charge in [-0.2, -0.15) is 0 Å². The predicted octanol–water partition coefficient (Wildman–Crippen LogP) is 3.96. The lowest BCUT2D eigenvalue weighted by Gasteiger charge is -2.47. The van der Waals surface area contributed by atoms with Crippen molar-refractivity contribution in [2.75, 3.05) is 5.32 Å². The number of ketones is 1. The van der Waals surface area contributed by atoms with Crippen molar-refractivity contribution in [1.29, 1.82) is 0 Å². The Morgan fingerprint density at radius 3 is 2.65 bits per heavy atom. The quantitative estimate of drug-likeness (QED) is 0.653. The number of aromatic hydroxyl groups is 1. The van der Waals surface area contributed by atoms with E-state index in [1.54, 1.807) is 19.1 Å². The highest BCUT2D eigenvalue weighted by molar-refractivity contribution is 6.40. The molecule has 1 aromatic rings. The zero-order valence-electron chi connectivity index (χ0n) is 13.7. The van der Waals surface area contributed by atoms with E-state index in [-0.39, 0.29) is 11.5 Å². The standard InChI is InChI=1S/C19H25NO3/c1-13-10-15(5-6-16(13)21)20-18(23)17(22)11-14-4-2-7-19(12-14)8-3-9-19/h5-6,10,14,21H,2-4,7-9,11-12H2,1H3,(H,20,23). The number of Topliss-reactive ketones (excluding diaryl/α,β-unsaturated/α-hetero) is 1. The molecule has 2 aliphatic carbocycles. The summed E-state index contributed by atoms with van der Waals surface area (Å²) in [6.45, 7) is 1.76. The first-order valence-corrected chi connectivity index (χ1v) is 8.61. The largest absolute Gasteiger partial charge is 0.508 e. The maximum atomic E-state index is 12.2. The molecule has 0 saturated heterocycles. The molecule has 2 aliphatic rings. The first-order valence-electron chi connectivity index (χ1n) is 8.61. The van der Waals surface area contributed by atoms with E-state index in [1.165, 1.54) is 38.2 Å². The molecule has 1 spiro atoms. The van der Waals surface area contributed by atoms with Crippen LogP contribution in [0.3, 0.4) is 0 Å². The fourth-order valence-electron chi connectivity index (χ4n) is 4.18. The second kappa shape index (κ2) is 6.34. The van der Waals surface area contributed by atoms with E-state index in [0.717, 1.165) is 12.8 Å². The van der Waals surface area contributed by atoms with Crippen LogP contribution >= 0.6 is 0 Å². The summed E-state index contributed by atoms with van der Waals surface area (Å²) >= 11 is 0. The number of hydrogen-bond acceptors (Lipinski definition) is 3. The molecule has 1 unspecified atom stereocenters. The van der Waals surface area contributed by atoms with Gasteiger partial charge in [-0.15, -0.1) is 0 Å². The number of nitrogens with one attached hydrogen (secondary N) is 1. The van der Waals surface area contributed by atoms with Crippen LogP contribution in [-0.2, 0) is 9.59 Å². The van der Waals surface area contributed by atoms with Crippen molar-refractivity contribution in [1.82, 2.24) is 0 Å². The lowest BCUT2D eigenvalue weighted by molar-refractivity contribution is -0.135. The van der Waals surface area contributed by atoms with Gasteiger partial charge >= 0.3 is 0 Å². The van der Waals surface area contributed by atoms with E-state index >= 15 is 0 Å². The van der Waals surface area contributed by atoms with Crippen LogP contribution in [0.1, 0.15) is 56.9 Å². The van der Waals surface area contributed by atoms with Crippen molar-refractivity contribution in [2.24, 2.45) is 11.3 Å². The fraction of sp³-hybridized carbons (Fsp3) is 0.579. The van der Waals surface area contributed by atoms with Crippen molar-refractivity contribution < 1.29 is 14.7 Å². The number of carbonyl (C=O) groups is 2. The molecular weight excluding hydrogens is 290 g/mol. The Labute approximate surface area is 137 Å². The number of aryl methyl sites for hydroxylation is 1. The van der Waals surface area contributed by atoms with E-state index in [4.69, 9.17) is 0 Å². The molecule has 2 fully saturated rings. The number of phenols is 1. The topological polar surface area (TPSA) is 66.4 Å². The molecule has 4 nitrogen and oxygen atoms in total. The summed E-state index contributed by atoms with van der Waals surface area (Å²) in [5, 5.41) is 12.2. The Morgan fingerprint density at radius 2 is 2.00 bits per heavy atom. The van der Waals surface area contributed by atoms with Gasteiger partial charge in [-0.3, -0.25) is 9.59 Å². The first-order chi connectivity index (χ1) is 11.0. The number of anilines is 1. The highest BCUT2D eigenvalue weighted by Gasteiger charge is 2.41. The highest BCUT2D eigenvalue weighted by Crippen LogP contribution is 2.53. The van der Waals surface area contributed by atoms with Gasteiger partial charge in [0, 0.05) is 12.1 Å². The minimum atomic E-state index is -0.539. The molecule has 4 heteroatoms. The molecule has 0 heterocycles. The zero-order valence-corrected chi connectivity index (χ0v) is 13.7. The van der Waals surface area contributed by atoms with Gasteiger partial charge in [-0.05, 0) is 74.1 Å². The normalized spacial score (nSPS) is 22.4. The van der Waals surface area contributed by atoms with Crippen LogP contribution in [-0.4, -0.2) is 16.8 Å². The molecule has 2 saturated carbocycles. The molecular formula is C19H25NO3. The number of carbonyl (C=O) groups excluding carboxylic acids is 2. The summed E-state index contributed by atoms with van der Waals surface area (Å²) in [5.74, 6) is -0.313. The zero-order chi connectivity index (χ0) is 16.4. The van der Waals surface area contributed by atoms with Crippen LogP contribution in [0.5, 0.6) is 5.75 Å². The van der Waals surface area contributed by atoms with Crippen molar-refractivity contribution in [3.05, 3.63) is 23.8 Å². The Hall–Kier alpha value is -1.84. The van der Waals surface area contributed by atoms with Gasteiger partial charge in [-0.25, -0.2) is 0 Å². The number of amides is 1. The average molecular weight is 315 g/mol. The number of benzene rings is 1. The summed E-state index contributed by atoms with van der Waals surface area (Å²) in [4.78, 5) is 24.3. The van der Waals surface area contributed by atoms with Gasteiger partial charge in [0.1, 0.15) is 5.75 Å². The SMILES string of the molecule is Cc1cc(NC(=O)C(=O)CC2CCCC3(CCC3)C2)ccc1O. The van der Waals surface area contributed by atoms with Gasteiger partial charge in [-0.1, -0.05) is 12.8 Å². The van der Waals surface area contributed by atoms with Crippen LogP contribution in [0, 0.1) is 18.3 Å². The Morgan fingerprint density at radius 1 is 1.26 bits per heavy atom. The Kier molecular flexibility index (Phi) is 4.42. The van der Waals surface area contributed by atoms with Crippen molar-refractivity contribution in [3.63, 3.8) is 0 Å². The van der Waals surface area contributed by atoms with Gasteiger partial charge in [0.15, 0.2) is 0 Å². The van der Waals surface area contributed by atoms with Crippen LogP contribution in [0.25, 0.3) is 0 Å². The molecule has 1 amide bonds. The summed E-state index contributed by atoms with van der Waals surface area (Å²) < 4.78 is 0. The Bertz CT molecular complexity index is 619. The molecule has 0 aliphatic heterocycles. The minimum absolute atomic E-state index is 0.183. The van der Waals surface area contributed by atoms with Crippen LogP contribution < -0.4 is 5.32 Å². The predicted molar refractivity (Wildman–Crippen MR) is 89.3 cm³/mol. The molecule has 124 valence electrons. The second-order valence-electron chi connectivity index (χ2n) is 7.40. The van der Waals surface area contributed by atoms with Gasteiger partial charge < -0.3 is 10.4 Å². The third kappa shape index (κ3) is 3.57. The number of hydrogen-bond donors (Lipinski definition) is 2. The third-order valence-electron chi connectivity index (χ3n) is 5.64.